The summed E-state index contributed by atoms with van der Waals surface area (Å²) in [5.41, 5.74) is 12.4. The van der Waals surface area contributed by atoms with Crippen LogP contribution in [0.25, 0.3) is 49.9 Å². The molecule has 0 unspecified atom stereocenters. The molecule has 0 bridgehead atoms. The Labute approximate surface area is 424 Å². The van der Waals surface area contributed by atoms with Gasteiger partial charge in [0.2, 0.25) is 5.69 Å². The molecular weight excluding hydrogens is 1050 g/mol. The van der Waals surface area contributed by atoms with Crippen LogP contribution in [0.4, 0.5) is 31.5 Å². The van der Waals surface area contributed by atoms with Crippen molar-refractivity contribution in [2.75, 3.05) is 0 Å². The number of pyridine rings is 1. The number of rotatable bonds is 9. The first-order valence-electron chi connectivity index (χ1n) is 23.8. The van der Waals surface area contributed by atoms with E-state index >= 15 is 8.78 Å². The Kier molecular flexibility index (Phi) is 12.8. The summed E-state index contributed by atoms with van der Waals surface area (Å²) < 4.78 is 43.5. The third-order valence-electron chi connectivity index (χ3n) is 13.2. The predicted octanol–water partition coefficient (Wildman–Crippen LogP) is 16.9. The molecule has 7 aromatic carbocycles. The predicted molar refractivity (Wildman–Crippen MR) is 280 cm³/mol. The number of hydrogen-bond donors (Lipinski definition) is 0. The first-order chi connectivity index (χ1) is 32.9. The summed E-state index contributed by atoms with van der Waals surface area (Å²) in [6.07, 6.45) is 1.87. The maximum absolute atomic E-state index is 15.4. The van der Waals surface area contributed by atoms with Crippen LogP contribution in [0.5, 0.6) is 11.5 Å². The van der Waals surface area contributed by atoms with E-state index in [0.717, 1.165) is 67.4 Å². The SMILES string of the molecule is CC(C)c1cc(-c2cc(C(C)(C)C)cc(-c3cc(F)cc(F)c3)c2[N+]2=C=[N+](c3[c-]c(Oc4[c-]c5c(cc4)c4ccccc4n5-c4cc(C(C)(C)C)ccn4)ccc3)c3ccccc32)cc(C(C)C)c1.[Pt+2]. The molecule has 0 fully saturated rings. The number of aromatic nitrogens is 2. The molecule has 0 N–H and O–H groups in total. The second kappa shape index (κ2) is 18.5. The monoisotopic (exact) mass is 1110 g/mol. The first-order valence-corrected chi connectivity index (χ1v) is 23.8. The van der Waals surface area contributed by atoms with Crippen molar-refractivity contribution in [1.29, 1.82) is 0 Å². The van der Waals surface area contributed by atoms with Crippen LogP contribution in [0.1, 0.15) is 103 Å². The van der Waals surface area contributed by atoms with Crippen molar-refractivity contribution in [2.24, 2.45) is 0 Å². The van der Waals surface area contributed by atoms with Crippen molar-refractivity contribution >= 4 is 50.6 Å². The van der Waals surface area contributed by atoms with E-state index in [1.165, 1.54) is 28.8 Å². The van der Waals surface area contributed by atoms with Crippen LogP contribution in [0.2, 0.25) is 0 Å². The minimum Gasteiger partial charge on any atom is -0.509 e. The number of fused-ring (bicyclic) bond motifs is 4. The van der Waals surface area contributed by atoms with Gasteiger partial charge in [-0.25, -0.2) is 13.8 Å². The van der Waals surface area contributed by atoms with Crippen LogP contribution in [0.3, 0.4) is 0 Å². The molecule has 5 nitrogen and oxygen atoms in total. The van der Waals surface area contributed by atoms with Gasteiger partial charge in [0.15, 0.2) is 0 Å². The van der Waals surface area contributed by atoms with Gasteiger partial charge in [-0.05, 0) is 108 Å². The summed E-state index contributed by atoms with van der Waals surface area (Å²) in [6, 6.07) is 56.3. The number of halogens is 2. The van der Waals surface area contributed by atoms with Crippen LogP contribution in [0.15, 0.2) is 146 Å². The van der Waals surface area contributed by atoms with Crippen molar-refractivity contribution in [3.05, 3.63) is 192 Å². The van der Waals surface area contributed by atoms with Gasteiger partial charge >= 0.3 is 27.1 Å². The third kappa shape index (κ3) is 9.10. The van der Waals surface area contributed by atoms with Gasteiger partial charge in [0, 0.05) is 41.4 Å². The Morgan fingerprint density at radius 2 is 1.19 bits per heavy atom. The standard InChI is InChI=1S/C62H56F2N4O.Pt/c1-38(2)40-26-41(39(3)4)28-42(27-40)53-31-45(62(8,9)10)32-54(43-29-46(63)34-47(64)30-43)60(53)67-37-66(56-20-13-14-21-57(56)67)48-16-15-17-49(35-48)69-50-22-23-52-51-18-11-12-19-55(51)68(58(52)36-50)59-33-44(24-25-65-59)61(5,6)7;/h11-34,38-39H,1-10H3;/q;+2. The number of nitrogens with zero attached hydrogens (tertiary/aromatic N) is 4. The van der Waals surface area contributed by atoms with Crippen molar-refractivity contribution in [2.45, 2.75) is 91.9 Å². The van der Waals surface area contributed by atoms with Crippen molar-refractivity contribution < 1.29 is 34.6 Å². The van der Waals surface area contributed by atoms with Crippen LogP contribution < -0.4 is 13.9 Å². The van der Waals surface area contributed by atoms with Crippen LogP contribution in [-0.4, -0.2) is 15.6 Å². The molecule has 0 amide bonds. The Balaban J connectivity index is 0.00000608. The zero-order valence-electron chi connectivity index (χ0n) is 41.3. The number of benzene rings is 7. The summed E-state index contributed by atoms with van der Waals surface area (Å²) in [6.45, 7) is 22.0. The second-order valence-corrected chi connectivity index (χ2v) is 20.9. The molecule has 1 aliphatic rings. The van der Waals surface area contributed by atoms with Gasteiger partial charge in [-0.1, -0.05) is 140 Å². The molecule has 0 saturated carbocycles. The first kappa shape index (κ1) is 48.2. The number of para-hydroxylation sites is 3. The largest absolute Gasteiger partial charge is 2.00 e. The summed E-state index contributed by atoms with van der Waals surface area (Å²) in [5.74, 6) is 1.09. The quantitative estimate of drug-likeness (QED) is 0.107. The summed E-state index contributed by atoms with van der Waals surface area (Å²) in [7, 11) is 0. The van der Waals surface area contributed by atoms with Crippen LogP contribution in [0, 0.1) is 23.8 Å². The van der Waals surface area contributed by atoms with E-state index in [-0.39, 0.29) is 43.7 Å². The Bertz CT molecular complexity index is 3540. The van der Waals surface area contributed by atoms with Gasteiger partial charge in [0.05, 0.1) is 11.1 Å². The van der Waals surface area contributed by atoms with Gasteiger partial charge in [-0.2, -0.15) is 12.1 Å². The molecule has 0 aliphatic carbocycles. The summed E-state index contributed by atoms with van der Waals surface area (Å²) in [5, 5.41) is 2.15. The Morgan fingerprint density at radius 3 is 1.83 bits per heavy atom. The maximum atomic E-state index is 15.4. The van der Waals surface area contributed by atoms with Gasteiger partial charge in [-0.3, -0.25) is 0 Å². The Morgan fingerprint density at radius 1 is 0.586 bits per heavy atom. The zero-order valence-corrected chi connectivity index (χ0v) is 43.6. The molecular formula is C62H56F2N4OPt+2. The topological polar surface area (TPSA) is 33.1 Å². The molecule has 8 heteroatoms. The molecule has 1 aliphatic heterocycles. The minimum atomic E-state index is -0.644. The van der Waals surface area contributed by atoms with E-state index in [9.17, 15) is 0 Å². The van der Waals surface area contributed by atoms with E-state index in [1.807, 2.05) is 63.9 Å². The smallest absolute Gasteiger partial charge is 0.509 e. The fourth-order valence-corrected chi connectivity index (χ4v) is 9.28. The zero-order chi connectivity index (χ0) is 48.5. The van der Waals surface area contributed by atoms with E-state index < -0.39 is 11.6 Å². The maximum Gasteiger partial charge on any atom is 2.00 e. The average molecular weight is 1110 g/mol. The third-order valence-corrected chi connectivity index (χ3v) is 13.2. The molecule has 2 aromatic heterocycles. The molecule has 9 aromatic rings. The molecule has 0 radical (unpaired) electrons. The van der Waals surface area contributed by atoms with Crippen molar-refractivity contribution in [1.82, 2.24) is 18.7 Å². The summed E-state index contributed by atoms with van der Waals surface area (Å²) >= 11 is 0. The van der Waals surface area contributed by atoms with E-state index in [1.54, 1.807) is 0 Å². The van der Waals surface area contributed by atoms with Crippen molar-refractivity contribution in [3.8, 4) is 39.6 Å². The van der Waals surface area contributed by atoms with E-state index in [4.69, 9.17) is 9.72 Å². The van der Waals surface area contributed by atoms with Gasteiger partial charge in [0.25, 0.3) is 11.4 Å². The molecule has 352 valence electrons. The normalized spacial score (nSPS) is 12.7. The van der Waals surface area contributed by atoms with Crippen molar-refractivity contribution in [3.63, 3.8) is 0 Å². The second-order valence-electron chi connectivity index (χ2n) is 20.9. The van der Waals surface area contributed by atoms with Gasteiger partial charge < -0.3 is 9.30 Å². The van der Waals surface area contributed by atoms with Crippen LogP contribution in [-0.2, 0) is 31.9 Å². The summed E-state index contributed by atoms with van der Waals surface area (Å²) in [4.78, 5) is 4.85. The molecule has 3 heterocycles. The fraction of sp³-hybridized carbons (Fsp3) is 0.226. The molecule has 0 saturated heterocycles. The van der Waals surface area contributed by atoms with E-state index in [0.29, 0.717) is 28.3 Å². The molecule has 70 heavy (non-hydrogen) atoms. The van der Waals surface area contributed by atoms with Gasteiger partial charge in [-0.15, -0.1) is 23.6 Å². The van der Waals surface area contributed by atoms with Gasteiger partial charge in [0.1, 0.15) is 23.1 Å². The van der Waals surface area contributed by atoms with Crippen LogP contribution >= 0.6 is 0 Å². The molecule has 10 rings (SSSR count). The minimum absolute atomic E-state index is 0. The number of ether oxygens (including phenoxy) is 1. The fourth-order valence-electron chi connectivity index (χ4n) is 9.28. The van der Waals surface area contributed by atoms with E-state index in [2.05, 4.69) is 165 Å². The molecule has 0 atom stereocenters. The number of hydrogen-bond acceptors (Lipinski definition) is 2. The average Bonchev–Trinajstić information content (AvgIpc) is 3.86. The molecule has 0 spiro atoms. The Hall–Kier alpha value is -6.78.